The molecule has 0 aliphatic rings. The molecule has 0 unspecified atom stereocenters. The van der Waals surface area contributed by atoms with Gasteiger partial charge < -0.3 is 36.4 Å². The predicted molar refractivity (Wildman–Crippen MR) is 97.7 cm³/mol. The molecule has 8 N–H and O–H groups in total. The van der Waals surface area contributed by atoms with E-state index in [1.54, 1.807) is 42.5 Å². The lowest BCUT2D eigenvalue weighted by Crippen LogP contribution is -2.10. The van der Waals surface area contributed by atoms with Crippen LogP contribution in [-0.4, -0.2) is 56.4 Å². The largest absolute Gasteiger partial charge is 0.508 e. The Bertz CT molecular complexity index is 662. The van der Waals surface area contributed by atoms with E-state index in [-0.39, 0.29) is 37.0 Å². The second-order valence-electron chi connectivity index (χ2n) is 4.75. The molecule has 0 aliphatic carbocycles. The van der Waals surface area contributed by atoms with Gasteiger partial charge in [-0.25, -0.2) is 0 Å². The van der Waals surface area contributed by atoms with Crippen LogP contribution in [0.3, 0.4) is 0 Å². The number of aromatic hydroxyl groups is 3. The first kappa shape index (κ1) is 22.9. The van der Waals surface area contributed by atoms with Crippen LogP contribution in [0.4, 0.5) is 0 Å². The smallest absolute Gasteiger partial charge is 0.317 e. The maximum absolute atomic E-state index is 9.30. The summed E-state index contributed by atoms with van der Waals surface area (Å²) in [5.74, 6) is -0.701. The van der Waals surface area contributed by atoms with E-state index in [1.165, 1.54) is 6.07 Å². The monoisotopic (exact) mass is 365 g/mol. The number of phenols is 3. The van der Waals surface area contributed by atoms with Crippen molar-refractivity contribution in [1.29, 1.82) is 0 Å². The number of rotatable bonds is 4. The summed E-state index contributed by atoms with van der Waals surface area (Å²) in [5.41, 5.74) is 6.20. The van der Waals surface area contributed by atoms with Gasteiger partial charge in [-0.2, -0.15) is 0 Å². The van der Waals surface area contributed by atoms with Crippen molar-refractivity contribution in [2.75, 3.05) is 19.8 Å². The van der Waals surface area contributed by atoms with E-state index in [9.17, 15) is 15.0 Å². The lowest BCUT2D eigenvalue weighted by Gasteiger charge is -1.98. The van der Waals surface area contributed by atoms with Crippen molar-refractivity contribution in [3.63, 3.8) is 0 Å². The second-order valence-corrected chi connectivity index (χ2v) is 4.75. The summed E-state index contributed by atoms with van der Waals surface area (Å²) < 4.78 is 0. The number of hydrogen-bond donors (Lipinski definition) is 7. The van der Waals surface area contributed by atoms with Crippen molar-refractivity contribution in [2.45, 2.75) is 0 Å². The molecule has 26 heavy (non-hydrogen) atoms. The maximum Gasteiger partial charge on any atom is 0.317 e. The van der Waals surface area contributed by atoms with Gasteiger partial charge in [0, 0.05) is 6.07 Å². The van der Waals surface area contributed by atoms with E-state index in [2.05, 4.69) is 5.73 Å². The molecule has 8 nitrogen and oxygen atoms in total. The Morgan fingerprint density at radius 3 is 1.62 bits per heavy atom. The van der Waals surface area contributed by atoms with Crippen LogP contribution < -0.4 is 5.73 Å². The highest BCUT2D eigenvalue weighted by atomic mass is 16.4. The fraction of sp³-hybridized carbons (Fsp3) is 0.167. The molecule has 0 atom stereocenters. The lowest BCUT2D eigenvalue weighted by molar-refractivity contribution is -0.135. The predicted octanol–water partition coefficient (Wildman–Crippen LogP) is 0.975. The minimum absolute atomic E-state index is 0.0235. The number of carboxylic acid groups (broad SMARTS) is 1. The molecular weight excluding hydrogens is 342 g/mol. The highest BCUT2D eigenvalue weighted by Gasteiger charge is 1.95. The van der Waals surface area contributed by atoms with Gasteiger partial charge >= 0.3 is 5.97 Å². The highest BCUT2D eigenvalue weighted by molar-refractivity contribution is 5.71. The standard InChI is InChI=1S/C14H12O3.C2H5NO2.C2H6O2/c15-12-5-3-10(4-6-12)1-2-11-7-13(16)9-14(17)8-11;3-1-2(4)5;3-1-2-4/h1-9,15-17H;1,3H2,(H,4,5);3-4H,1-2H2. The van der Waals surface area contributed by atoms with Crippen LogP contribution in [-0.2, 0) is 4.79 Å². The third-order valence-corrected chi connectivity index (χ3v) is 2.56. The molecule has 142 valence electrons. The first-order valence-electron chi connectivity index (χ1n) is 7.46. The van der Waals surface area contributed by atoms with Crippen LogP contribution in [0.5, 0.6) is 17.2 Å². The normalized spacial score (nSPS) is 9.65. The molecule has 0 fully saturated rings. The topological polar surface area (TPSA) is 164 Å². The molecule has 0 heterocycles. The van der Waals surface area contributed by atoms with E-state index >= 15 is 0 Å². The van der Waals surface area contributed by atoms with Gasteiger partial charge in [0.15, 0.2) is 0 Å². The van der Waals surface area contributed by atoms with Crippen LogP contribution >= 0.6 is 0 Å². The summed E-state index contributed by atoms with van der Waals surface area (Å²) in [7, 11) is 0. The zero-order valence-electron chi connectivity index (χ0n) is 14.0. The Labute approximate surface area is 150 Å². The summed E-state index contributed by atoms with van der Waals surface area (Å²) in [4.78, 5) is 9.24. The van der Waals surface area contributed by atoms with Crippen LogP contribution in [0.2, 0.25) is 0 Å². The second kappa shape index (κ2) is 13.2. The number of hydrogen-bond acceptors (Lipinski definition) is 7. The number of carbonyl (C=O) groups is 1. The summed E-state index contributed by atoms with van der Waals surface area (Å²) >= 11 is 0. The molecule has 0 amide bonds. The van der Waals surface area contributed by atoms with Crippen molar-refractivity contribution in [3.05, 3.63) is 53.6 Å². The van der Waals surface area contributed by atoms with E-state index in [4.69, 9.17) is 20.4 Å². The molecule has 8 heteroatoms. The quantitative estimate of drug-likeness (QED) is 0.394. The van der Waals surface area contributed by atoms with Crippen molar-refractivity contribution >= 4 is 18.1 Å². The third kappa shape index (κ3) is 11.5. The molecule has 2 rings (SSSR count). The summed E-state index contributed by atoms with van der Waals surface area (Å²) in [6.45, 7) is -0.528. The molecule has 0 aliphatic heterocycles. The van der Waals surface area contributed by atoms with Gasteiger partial charge in [-0.15, -0.1) is 0 Å². The molecule has 0 radical (unpaired) electrons. The Morgan fingerprint density at radius 2 is 1.23 bits per heavy atom. The van der Waals surface area contributed by atoms with Gasteiger partial charge in [0.1, 0.15) is 17.2 Å². The van der Waals surface area contributed by atoms with Gasteiger partial charge in [-0.1, -0.05) is 24.3 Å². The summed E-state index contributed by atoms with van der Waals surface area (Å²) in [6, 6.07) is 11.1. The van der Waals surface area contributed by atoms with Crippen molar-refractivity contribution < 1.29 is 35.4 Å². The Kier molecular flexibility index (Phi) is 11.7. The SMILES string of the molecule is NCC(=O)O.OCCO.Oc1ccc(C=Cc2cc(O)cc(O)c2)cc1. The van der Waals surface area contributed by atoms with Crippen molar-refractivity contribution in [1.82, 2.24) is 0 Å². The molecular formula is C18H23NO7. The maximum atomic E-state index is 9.30. The molecule has 0 saturated carbocycles. The van der Waals surface area contributed by atoms with E-state index < -0.39 is 5.97 Å². The average molecular weight is 365 g/mol. The third-order valence-electron chi connectivity index (χ3n) is 2.56. The van der Waals surface area contributed by atoms with Gasteiger partial charge in [-0.3, -0.25) is 4.79 Å². The minimum Gasteiger partial charge on any atom is -0.508 e. The van der Waals surface area contributed by atoms with Crippen LogP contribution in [0.1, 0.15) is 11.1 Å². The first-order valence-corrected chi connectivity index (χ1v) is 7.46. The Morgan fingerprint density at radius 1 is 0.808 bits per heavy atom. The van der Waals surface area contributed by atoms with Gasteiger partial charge in [0.25, 0.3) is 0 Å². The van der Waals surface area contributed by atoms with Crippen LogP contribution in [0.25, 0.3) is 12.2 Å². The van der Waals surface area contributed by atoms with Gasteiger partial charge in [0.2, 0.25) is 0 Å². The Hall–Kier alpha value is -3.07. The van der Waals surface area contributed by atoms with Gasteiger partial charge in [0.05, 0.1) is 19.8 Å². The van der Waals surface area contributed by atoms with E-state index in [1.807, 2.05) is 6.08 Å². The zero-order chi connectivity index (χ0) is 19.9. The minimum atomic E-state index is -0.968. The lowest BCUT2D eigenvalue weighted by atomic mass is 10.1. The Balaban J connectivity index is 0.000000582. The molecule has 0 aromatic heterocycles. The molecule has 2 aromatic rings. The van der Waals surface area contributed by atoms with Crippen LogP contribution in [0, 0.1) is 0 Å². The van der Waals surface area contributed by atoms with E-state index in [0.717, 1.165) is 5.56 Å². The van der Waals surface area contributed by atoms with Crippen molar-refractivity contribution in [2.24, 2.45) is 5.73 Å². The number of nitrogens with two attached hydrogens (primary N) is 1. The number of carboxylic acids is 1. The van der Waals surface area contributed by atoms with E-state index in [0.29, 0.717) is 5.56 Å². The van der Waals surface area contributed by atoms with Gasteiger partial charge in [-0.05, 0) is 35.4 Å². The fourth-order valence-corrected chi connectivity index (χ4v) is 1.49. The highest BCUT2D eigenvalue weighted by Crippen LogP contribution is 2.22. The number of aliphatic carboxylic acids is 1. The molecule has 0 bridgehead atoms. The molecule has 0 saturated heterocycles. The number of aliphatic hydroxyl groups is 2. The zero-order valence-corrected chi connectivity index (χ0v) is 14.0. The molecule has 0 spiro atoms. The number of aliphatic hydroxyl groups excluding tert-OH is 2. The van der Waals surface area contributed by atoms with Crippen molar-refractivity contribution in [3.8, 4) is 17.2 Å². The molecule has 2 aromatic carbocycles. The fourth-order valence-electron chi connectivity index (χ4n) is 1.49. The number of benzene rings is 2. The average Bonchev–Trinajstić information content (AvgIpc) is 2.61. The van der Waals surface area contributed by atoms with Crippen LogP contribution in [0.15, 0.2) is 42.5 Å². The number of phenolic OH excluding ortho intramolecular Hbond substituents is 3. The first-order chi connectivity index (χ1) is 12.3. The summed E-state index contributed by atoms with van der Waals surface area (Å²) in [5, 5.41) is 50.6. The summed E-state index contributed by atoms with van der Waals surface area (Å²) in [6.07, 6.45) is 3.60.